The fourth-order valence-corrected chi connectivity index (χ4v) is 4.11. The molecule has 13 heteroatoms. The van der Waals surface area contributed by atoms with Gasteiger partial charge in [0.2, 0.25) is 5.91 Å². The molecule has 10 nitrogen and oxygen atoms in total. The molecule has 0 aliphatic heterocycles. The number of carbonyl (C=O) groups is 3. The van der Waals surface area contributed by atoms with Gasteiger partial charge in [-0.1, -0.05) is 70.4 Å². The number of aliphatic carboxylic acids is 1. The number of allylic oxidation sites excluding steroid dienone is 2. The fraction of sp³-hybridized carbons (Fsp3) is 0.808. The van der Waals surface area contributed by atoms with Crippen LogP contribution in [0.5, 0.6) is 0 Å². The van der Waals surface area contributed by atoms with Crippen LogP contribution in [0.3, 0.4) is 0 Å². The van der Waals surface area contributed by atoms with Crippen molar-refractivity contribution < 1.29 is 101 Å². The van der Waals surface area contributed by atoms with Crippen molar-refractivity contribution >= 4 is 28.0 Å². The van der Waals surface area contributed by atoms with E-state index in [9.17, 15) is 32.5 Å². The van der Waals surface area contributed by atoms with Crippen LogP contribution in [0.25, 0.3) is 0 Å². The molecule has 39 heavy (non-hydrogen) atoms. The first-order valence-corrected chi connectivity index (χ1v) is 15.0. The van der Waals surface area contributed by atoms with Crippen molar-refractivity contribution in [2.75, 3.05) is 26.4 Å². The summed E-state index contributed by atoms with van der Waals surface area (Å²) in [5, 5.41) is 10.9. The molecule has 0 radical (unpaired) electrons. The third-order valence-corrected chi connectivity index (χ3v) is 6.74. The number of amides is 1. The maximum atomic E-state index is 11.8. The molecule has 0 aromatic rings. The number of esters is 1. The number of nitrogens with one attached hydrogen (secondary N) is 1. The molecule has 0 bridgehead atoms. The van der Waals surface area contributed by atoms with E-state index in [1.54, 1.807) is 0 Å². The van der Waals surface area contributed by atoms with Gasteiger partial charge in [-0.25, -0.2) is 8.42 Å². The van der Waals surface area contributed by atoms with Crippen molar-refractivity contribution in [3.63, 3.8) is 0 Å². The van der Waals surface area contributed by atoms with E-state index in [1.165, 1.54) is 57.8 Å². The van der Waals surface area contributed by atoms with E-state index in [4.69, 9.17) is 4.74 Å². The first-order chi connectivity index (χ1) is 17.7. The molecule has 216 valence electrons. The van der Waals surface area contributed by atoms with Crippen LogP contribution in [0.4, 0.5) is 0 Å². The smallest absolute Gasteiger partial charge is 0.747 e. The number of hydrogen-bond acceptors (Lipinski definition) is 9. The normalized spacial score (nSPS) is 11.8. The molecule has 0 aliphatic carbocycles. The summed E-state index contributed by atoms with van der Waals surface area (Å²) < 4.78 is 42.1. The van der Waals surface area contributed by atoms with Gasteiger partial charge in [0.1, 0.15) is 16.7 Å². The first kappa shape index (κ1) is 43.5. The van der Waals surface area contributed by atoms with Crippen LogP contribution in [-0.2, 0) is 34.0 Å². The molecule has 0 saturated carbocycles. The average molecular weight is 594 g/mol. The van der Waals surface area contributed by atoms with E-state index in [0.717, 1.165) is 25.7 Å². The van der Waals surface area contributed by atoms with Gasteiger partial charge in [-0.05, 0) is 32.1 Å². The molecule has 0 spiro atoms. The molecule has 0 rings (SSSR count). The van der Waals surface area contributed by atoms with Crippen molar-refractivity contribution in [2.45, 2.75) is 108 Å². The van der Waals surface area contributed by atoms with Gasteiger partial charge >= 0.3 is 65.1 Å². The summed E-state index contributed by atoms with van der Waals surface area (Å²) in [7, 11) is -5.22. The van der Waals surface area contributed by atoms with Gasteiger partial charge in [0.05, 0.1) is 30.9 Å². The topological polar surface area (TPSA) is 162 Å². The molecular formula is C26H45NNa2O9S. The zero-order chi connectivity index (χ0) is 27.8. The van der Waals surface area contributed by atoms with Gasteiger partial charge in [-0.15, -0.1) is 0 Å². The van der Waals surface area contributed by atoms with E-state index in [2.05, 4.69) is 29.1 Å². The molecule has 0 heterocycles. The van der Waals surface area contributed by atoms with Gasteiger partial charge in [-0.3, -0.25) is 9.59 Å². The fourth-order valence-electron chi connectivity index (χ4n) is 3.54. The number of carboxylic acid groups (broad SMARTS) is 1. The van der Waals surface area contributed by atoms with Crippen molar-refractivity contribution in [2.24, 2.45) is 0 Å². The zero-order valence-electron chi connectivity index (χ0n) is 24.2. The first-order valence-electron chi connectivity index (χ1n) is 13.5. The summed E-state index contributed by atoms with van der Waals surface area (Å²) in [6.45, 7) is 2.43. The van der Waals surface area contributed by atoms with Gasteiger partial charge in [0.25, 0.3) is 0 Å². The minimum absolute atomic E-state index is 0. The van der Waals surface area contributed by atoms with Gasteiger partial charge in [-0.2, -0.15) is 0 Å². The Hall–Kier alpha value is 0.0200. The Morgan fingerprint density at radius 2 is 1.36 bits per heavy atom. The van der Waals surface area contributed by atoms with Gasteiger partial charge in [0, 0.05) is 13.0 Å². The van der Waals surface area contributed by atoms with E-state index in [-0.39, 0.29) is 84.8 Å². The quantitative estimate of drug-likeness (QED) is 0.0377. The van der Waals surface area contributed by atoms with Gasteiger partial charge in [0.15, 0.2) is 0 Å². The molecular weight excluding hydrogens is 548 g/mol. The van der Waals surface area contributed by atoms with E-state index in [0.29, 0.717) is 13.0 Å². The third-order valence-electron chi connectivity index (χ3n) is 5.69. The Balaban J connectivity index is -0.00000648. The number of hydrogen-bond donors (Lipinski definition) is 1. The molecule has 1 atom stereocenters. The summed E-state index contributed by atoms with van der Waals surface area (Å²) in [6, 6.07) is 0. The van der Waals surface area contributed by atoms with Crippen molar-refractivity contribution in [3.05, 3.63) is 12.2 Å². The Kier molecular flexibility index (Phi) is 32.9. The minimum atomic E-state index is -5.22. The maximum Gasteiger partial charge on any atom is 1.00 e. The Morgan fingerprint density at radius 1 is 0.821 bits per heavy atom. The average Bonchev–Trinajstić information content (AvgIpc) is 2.83. The number of ether oxygens (including phenoxy) is 2. The van der Waals surface area contributed by atoms with E-state index >= 15 is 0 Å². The van der Waals surface area contributed by atoms with Crippen LogP contribution in [-0.4, -0.2) is 62.4 Å². The maximum absolute atomic E-state index is 11.8. The van der Waals surface area contributed by atoms with Crippen molar-refractivity contribution in [1.82, 2.24) is 5.32 Å². The summed E-state index contributed by atoms with van der Waals surface area (Å²) in [5.41, 5.74) is 0. The van der Waals surface area contributed by atoms with Crippen LogP contribution in [0.15, 0.2) is 12.2 Å². The molecule has 0 fully saturated rings. The molecule has 1 amide bonds. The number of carboxylic acids is 1. The largest absolute Gasteiger partial charge is 1.00 e. The Morgan fingerprint density at radius 3 is 1.90 bits per heavy atom. The minimum Gasteiger partial charge on any atom is -0.747 e. The summed E-state index contributed by atoms with van der Waals surface area (Å²) in [5.74, 6) is -3.37. The molecule has 0 saturated heterocycles. The molecule has 0 aromatic heterocycles. The summed E-state index contributed by atoms with van der Waals surface area (Å²) >= 11 is 0. The predicted molar refractivity (Wildman–Crippen MR) is 137 cm³/mol. The van der Waals surface area contributed by atoms with Gasteiger partial charge < -0.3 is 29.2 Å². The number of unbranched alkanes of at least 4 members (excludes halogenated alkanes) is 11. The third kappa shape index (κ3) is 29.3. The summed E-state index contributed by atoms with van der Waals surface area (Å²) in [4.78, 5) is 33.9. The summed E-state index contributed by atoms with van der Waals surface area (Å²) in [6.07, 6.45) is 19.5. The van der Waals surface area contributed by atoms with E-state index < -0.39 is 33.7 Å². The van der Waals surface area contributed by atoms with Crippen LogP contribution in [0, 0.1) is 0 Å². The predicted octanol–water partition coefficient (Wildman–Crippen LogP) is -3.24. The van der Waals surface area contributed by atoms with E-state index in [1.807, 2.05) is 0 Å². The van der Waals surface area contributed by atoms with Crippen LogP contribution in [0.2, 0.25) is 0 Å². The second-order valence-electron chi connectivity index (χ2n) is 9.02. The van der Waals surface area contributed by atoms with Crippen molar-refractivity contribution in [3.8, 4) is 0 Å². The monoisotopic (exact) mass is 593 g/mol. The Labute approximate surface area is 279 Å². The van der Waals surface area contributed by atoms with Crippen molar-refractivity contribution in [1.29, 1.82) is 0 Å². The standard InChI is InChI=1S/C26H47NO9S.2Na/c1-2-3-4-5-6-7-8-9-10-11-12-13-14-15-16-17-24(28)27-18-19-35-20-21-36-25(29)22-23(26(30)31)37(32,33)34;;/h9-10,23H,2-8,11-22H2,1H3,(H,27,28)(H,30,31)(H,32,33,34);;/q;2*+1/p-2. The molecule has 1 N–H and O–H groups in total. The van der Waals surface area contributed by atoms with Crippen LogP contribution in [0.1, 0.15) is 103 Å². The molecule has 0 aliphatic rings. The SMILES string of the molecule is CCCCCCCCC=CCCCCCCCC(=O)NCCOCCOC(=O)CC(C(=O)[O-])S(=O)(=O)[O-].[Na+].[Na+]. The second kappa shape index (κ2) is 29.5. The molecule has 1 unspecified atom stereocenters. The van der Waals surface area contributed by atoms with Crippen LogP contribution >= 0.6 is 0 Å². The Bertz CT molecular complexity index is 765. The number of rotatable bonds is 25. The zero-order valence-corrected chi connectivity index (χ0v) is 29.1. The second-order valence-corrected chi connectivity index (χ2v) is 10.6. The molecule has 0 aromatic carbocycles. The van der Waals surface area contributed by atoms with Crippen LogP contribution < -0.4 is 69.5 Å². The number of carbonyl (C=O) groups excluding carboxylic acids is 3.